The highest BCUT2D eigenvalue weighted by Gasteiger charge is 2.31. The minimum atomic E-state index is 0.104. The number of carbonyl (C=O) groups excluding carboxylic acids is 1. The standard InChI is InChI=1S/C17H21N3O/c1-17(12-18)7-10-20(11-8-17)16(21)14-4-2-6-15-13(14)5-3-9-19-15/h2-6,9H,7-8,10-12,18H2,1H3. The number of rotatable bonds is 2. The molecule has 4 heteroatoms. The number of fused-ring (bicyclic) bond motifs is 1. The van der Waals surface area contributed by atoms with Crippen LogP contribution in [0.15, 0.2) is 36.5 Å². The first-order valence-corrected chi connectivity index (χ1v) is 7.46. The normalized spacial score (nSPS) is 17.9. The van der Waals surface area contributed by atoms with Crippen LogP contribution in [0.4, 0.5) is 0 Å². The number of pyridine rings is 1. The van der Waals surface area contributed by atoms with Gasteiger partial charge in [0.15, 0.2) is 0 Å². The van der Waals surface area contributed by atoms with Crippen molar-refractivity contribution in [1.82, 2.24) is 9.88 Å². The van der Waals surface area contributed by atoms with Gasteiger partial charge in [-0.15, -0.1) is 0 Å². The number of benzene rings is 1. The molecule has 0 aliphatic carbocycles. The molecule has 110 valence electrons. The summed E-state index contributed by atoms with van der Waals surface area (Å²) in [7, 11) is 0. The lowest BCUT2D eigenvalue weighted by molar-refractivity contribution is 0.0619. The number of nitrogens with zero attached hydrogens (tertiary/aromatic N) is 2. The molecule has 0 saturated carbocycles. The van der Waals surface area contributed by atoms with Crippen molar-refractivity contribution in [2.45, 2.75) is 19.8 Å². The fourth-order valence-electron chi connectivity index (χ4n) is 2.91. The van der Waals surface area contributed by atoms with E-state index in [-0.39, 0.29) is 11.3 Å². The van der Waals surface area contributed by atoms with E-state index in [1.54, 1.807) is 6.20 Å². The van der Waals surface area contributed by atoms with Gasteiger partial charge >= 0.3 is 0 Å². The molecule has 2 N–H and O–H groups in total. The molecule has 0 radical (unpaired) electrons. The summed E-state index contributed by atoms with van der Waals surface area (Å²) < 4.78 is 0. The number of piperidine rings is 1. The van der Waals surface area contributed by atoms with Crippen molar-refractivity contribution in [2.75, 3.05) is 19.6 Å². The van der Waals surface area contributed by atoms with Crippen LogP contribution in [0.5, 0.6) is 0 Å². The van der Waals surface area contributed by atoms with Gasteiger partial charge in [0.2, 0.25) is 0 Å². The monoisotopic (exact) mass is 283 g/mol. The summed E-state index contributed by atoms with van der Waals surface area (Å²) in [5, 5.41) is 0.928. The van der Waals surface area contributed by atoms with Gasteiger partial charge in [0.1, 0.15) is 0 Å². The van der Waals surface area contributed by atoms with Crippen LogP contribution in [0.2, 0.25) is 0 Å². The highest BCUT2D eigenvalue weighted by atomic mass is 16.2. The van der Waals surface area contributed by atoms with Crippen molar-refractivity contribution in [3.63, 3.8) is 0 Å². The van der Waals surface area contributed by atoms with Crippen molar-refractivity contribution in [3.05, 3.63) is 42.1 Å². The molecule has 0 atom stereocenters. The third-order valence-corrected chi connectivity index (χ3v) is 4.63. The predicted molar refractivity (Wildman–Crippen MR) is 84.0 cm³/mol. The van der Waals surface area contributed by atoms with Gasteiger partial charge in [-0.1, -0.05) is 19.1 Å². The molecule has 1 fully saturated rings. The molecular weight excluding hydrogens is 262 g/mol. The predicted octanol–water partition coefficient (Wildman–Crippen LogP) is 2.44. The molecule has 0 unspecified atom stereocenters. The Hall–Kier alpha value is -1.94. The van der Waals surface area contributed by atoms with Crippen LogP contribution >= 0.6 is 0 Å². The Morgan fingerprint density at radius 3 is 2.76 bits per heavy atom. The number of carbonyl (C=O) groups is 1. The van der Waals surface area contributed by atoms with Crippen molar-refractivity contribution in [3.8, 4) is 0 Å². The fraction of sp³-hybridized carbons (Fsp3) is 0.412. The molecular formula is C17H21N3O. The Morgan fingerprint density at radius 1 is 1.29 bits per heavy atom. The van der Waals surface area contributed by atoms with E-state index in [1.807, 2.05) is 35.2 Å². The second-order valence-electron chi connectivity index (χ2n) is 6.18. The Labute approximate surface area is 125 Å². The second kappa shape index (κ2) is 5.45. The molecule has 0 spiro atoms. The molecule has 1 aromatic heterocycles. The average Bonchev–Trinajstić information content (AvgIpc) is 2.54. The van der Waals surface area contributed by atoms with Gasteiger partial charge in [-0.25, -0.2) is 0 Å². The lowest BCUT2D eigenvalue weighted by Crippen LogP contribution is -2.44. The van der Waals surface area contributed by atoms with Crippen LogP contribution in [0.3, 0.4) is 0 Å². The highest BCUT2D eigenvalue weighted by molar-refractivity contribution is 6.06. The van der Waals surface area contributed by atoms with Gasteiger partial charge < -0.3 is 10.6 Å². The van der Waals surface area contributed by atoms with Crippen LogP contribution < -0.4 is 5.73 Å². The summed E-state index contributed by atoms with van der Waals surface area (Å²) in [6, 6.07) is 9.57. The van der Waals surface area contributed by atoms with E-state index in [2.05, 4.69) is 11.9 Å². The molecule has 2 aromatic rings. The first-order valence-electron chi connectivity index (χ1n) is 7.46. The Bertz CT molecular complexity index is 655. The van der Waals surface area contributed by atoms with Gasteiger partial charge in [0.05, 0.1) is 5.52 Å². The zero-order valence-corrected chi connectivity index (χ0v) is 12.4. The van der Waals surface area contributed by atoms with Crippen LogP contribution in [0, 0.1) is 5.41 Å². The summed E-state index contributed by atoms with van der Waals surface area (Å²) in [6.45, 7) is 4.45. The summed E-state index contributed by atoms with van der Waals surface area (Å²) in [4.78, 5) is 19.0. The van der Waals surface area contributed by atoms with Gasteiger partial charge in [-0.05, 0) is 43.0 Å². The zero-order chi connectivity index (χ0) is 14.9. The number of hydrogen-bond acceptors (Lipinski definition) is 3. The van der Waals surface area contributed by atoms with Crippen molar-refractivity contribution in [1.29, 1.82) is 0 Å². The van der Waals surface area contributed by atoms with Crippen molar-refractivity contribution in [2.24, 2.45) is 11.1 Å². The summed E-state index contributed by atoms with van der Waals surface area (Å²) in [6.07, 6.45) is 3.70. The Morgan fingerprint density at radius 2 is 2.05 bits per heavy atom. The summed E-state index contributed by atoms with van der Waals surface area (Å²) >= 11 is 0. The zero-order valence-electron chi connectivity index (χ0n) is 12.4. The number of hydrogen-bond donors (Lipinski definition) is 1. The summed E-state index contributed by atoms with van der Waals surface area (Å²) in [5.41, 5.74) is 7.63. The van der Waals surface area contributed by atoms with Gasteiger partial charge in [-0.2, -0.15) is 0 Å². The fourth-order valence-corrected chi connectivity index (χ4v) is 2.91. The maximum Gasteiger partial charge on any atom is 0.254 e. The van der Waals surface area contributed by atoms with Crippen LogP contribution in [-0.4, -0.2) is 35.4 Å². The van der Waals surface area contributed by atoms with Crippen LogP contribution in [-0.2, 0) is 0 Å². The van der Waals surface area contributed by atoms with E-state index in [0.29, 0.717) is 6.54 Å². The highest BCUT2D eigenvalue weighted by Crippen LogP contribution is 2.30. The quantitative estimate of drug-likeness (QED) is 0.921. The molecule has 4 nitrogen and oxygen atoms in total. The topological polar surface area (TPSA) is 59.2 Å². The molecule has 3 rings (SSSR count). The van der Waals surface area contributed by atoms with E-state index in [9.17, 15) is 4.79 Å². The smallest absolute Gasteiger partial charge is 0.254 e. The Kier molecular flexibility index (Phi) is 3.64. The van der Waals surface area contributed by atoms with Crippen molar-refractivity contribution < 1.29 is 4.79 Å². The van der Waals surface area contributed by atoms with E-state index in [1.165, 1.54) is 0 Å². The lowest BCUT2D eigenvalue weighted by atomic mass is 9.80. The second-order valence-corrected chi connectivity index (χ2v) is 6.18. The molecule has 1 saturated heterocycles. The summed E-state index contributed by atoms with van der Waals surface area (Å²) in [5.74, 6) is 0.104. The molecule has 21 heavy (non-hydrogen) atoms. The van der Waals surface area contributed by atoms with Gasteiger partial charge in [0, 0.05) is 30.2 Å². The SMILES string of the molecule is CC1(CN)CCN(C(=O)c2cccc3ncccc23)CC1. The van der Waals surface area contributed by atoms with Gasteiger partial charge in [-0.3, -0.25) is 9.78 Å². The van der Waals surface area contributed by atoms with E-state index in [4.69, 9.17) is 5.73 Å². The van der Waals surface area contributed by atoms with Crippen molar-refractivity contribution >= 4 is 16.8 Å². The molecule has 2 heterocycles. The number of likely N-dealkylation sites (tertiary alicyclic amines) is 1. The molecule has 1 aromatic carbocycles. The Balaban J connectivity index is 1.85. The number of amides is 1. The van der Waals surface area contributed by atoms with Crippen LogP contribution in [0.25, 0.3) is 10.9 Å². The molecule has 1 amide bonds. The first kappa shape index (κ1) is 14.0. The van der Waals surface area contributed by atoms with E-state index < -0.39 is 0 Å². The maximum atomic E-state index is 12.8. The molecule has 1 aliphatic heterocycles. The average molecular weight is 283 g/mol. The first-order chi connectivity index (χ1) is 10.1. The largest absolute Gasteiger partial charge is 0.339 e. The minimum Gasteiger partial charge on any atom is -0.339 e. The number of nitrogens with two attached hydrogens (primary N) is 1. The van der Waals surface area contributed by atoms with E-state index in [0.717, 1.165) is 42.4 Å². The van der Waals surface area contributed by atoms with Gasteiger partial charge in [0.25, 0.3) is 5.91 Å². The lowest BCUT2D eigenvalue weighted by Gasteiger charge is -2.38. The van der Waals surface area contributed by atoms with E-state index >= 15 is 0 Å². The minimum absolute atomic E-state index is 0.104. The molecule has 1 aliphatic rings. The maximum absolute atomic E-state index is 12.8. The third kappa shape index (κ3) is 2.63. The third-order valence-electron chi connectivity index (χ3n) is 4.63. The van der Waals surface area contributed by atoms with Crippen LogP contribution in [0.1, 0.15) is 30.1 Å². The number of aromatic nitrogens is 1. The molecule has 0 bridgehead atoms.